The van der Waals surface area contributed by atoms with Gasteiger partial charge in [-0.15, -0.1) is 0 Å². The van der Waals surface area contributed by atoms with E-state index in [1.54, 1.807) is 0 Å². The van der Waals surface area contributed by atoms with Gasteiger partial charge in [0.2, 0.25) is 0 Å². The minimum absolute atomic E-state index is 0.365. The van der Waals surface area contributed by atoms with Crippen LogP contribution in [0.2, 0.25) is 0 Å². The molecule has 0 aliphatic heterocycles. The van der Waals surface area contributed by atoms with Crippen LogP contribution in [-0.4, -0.2) is 33.5 Å². The van der Waals surface area contributed by atoms with Crippen molar-refractivity contribution in [3.05, 3.63) is 101 Å². The van der Waals surface area contributed by atoms with Crippen LogP contribution in [0.3, 0.4) is 0 Å². The predicted molar refractivity (Wildman–Crippen MR) is 135 cm³/mol. The average Bonchev–Trinajstić information content (AvgIpc) is 3.24. The summed E-state index contributed by atoms with van der Waals surface area (Å²) >= 11 is 0. The molecule has 1 unspecified atom stereocenters. The minimum Gasteiger partial charge on any atom is -0.489 e. The Bertz CT molecular complexity index is 1250. The molecule has 0 bridgehead atoms. The van der Waals surface area contributed by atoms with E-state index in [0.717, 1.165) is 28.0 Å². The van der Waals surface area contributed by atoms with Crippen LogP contribution in [0.5, 0.6) is 5.75 Å². The normalized spacial score (nSPS) is 12.2. The van der Waals surface area contributed by atoms with Crippen molar-refractivity contribution < 1.29 is 14.6 Å². The Morgan fingerprint density at radius 2 is 1.79 bits per heavy atom. The molecule has 1 atom stereocenters. The first kappa shape index (κ1) is 23.5. The molecule has 34 heavy (non-hydrogen) atoms. The van der Waals surface area contributed by atoms with Crippen molar-refractivity contribution in [2.45, 2.75) is 39.1 Å². The van der Waals surface area contributed by atoms with Crippen LogP contribution in [0.1, 0.15) is 28.7 Å². The molecule has 0 saturated carbocycles. The summed E-state index contributed by atoms with van der Waals surface area (Å²) in [5.41, 5.74) is 11.4. The smallest absolute Gasteiger partial charge is 0.320 e. The summed E-state index contributed by atoms with van der Waals surface area (Å²) < 4.78 is 6.20. The lowest BCUT2D eigenvalue weighted by molar-refractivity contribution is -0.138. The SMILES string of the molecule is Cc1cccc(COc2ccccc2CN(CCC(N)C(=O)O)Cc2c[nH]c3ccccc23)c1. The van der Waals surface area contributed by atoms with Gasteiger partial charge in [-0.3, -0.25) is 9.69 Å². The summed E-state index contributed by atoms with van der Waals surface area (Å²) in [5, 5.41) is 10.4. The zero-order valence-corrected chi connectivity index (χ0v) is 19.4. The van der Waals surface area contributed by atoms with Crippen molar-refractivity contribution >= 4 is 16.9 Å². The monoisotopic (exact) mass is 457 g/mol. The first-order valence-corrected chi connectivity index (χ1v) is 11.5. The highest BCUT2D eigenvalue weighted by Gasteiger charge is 2.17. The van der Waals surface area contributed by atoms with Crippen molar-refractivity contribution in [2.24, 2.45) is 5.73 Å². The molecule has 0 radical (unpaired) electrons. The van der Waals surface area contributed by atoms with Gasteiger partial charge >= 0.3 is 5.97 Å². The maximum Gasteiger partial charge on any atom is 0.320 e. The number of carboxylic acid groups (broad SMARTS) is 1. The molecule has 0 aliphatic carbocycles. The number of carbonyl (C=O) groups is 1. The highest BCUT2D eigenvalue weighted by Crippen LogP contribution is 2.25. The predicted octanol–water partition coefficient (Wildman–Crippen LogP) is 4.86. The van der Waals surface area contributed by atoms with E-state index in [9.17, 15) is 9.90 Å². The number of fused-ring (bicyclic) bond motifs is 1. The van der Waals surface area contributed by atoms with Crippen LogP contribution < -0.4 is 10.5 Å². The van der Waals surface area contributed by atoms with Crippen molar-refractivity contribution in [3.63, 3.8) is 0 Å². The van der Waals surface area contributed by atoms with Crippen LogP contribution in [-0.2, 0) is 24.5 Å². The Labute approximate surface area is 200 Å². The maximum absolute atomic E-state index is 11.3. The standard InChI is InChI=1S/C28H31N3O3/c1-20-7-6-8-21(15-20)19-34-27-12-5-2-9-22(27)17-31(14-13-25(29)28(32)33)18-23-16-30-26-11-4-3-10-24(23)26/h2-12,15-16,25,30H,13-14,17-19,29H2,1H3,(H,32,33). The average molecular weight is 458 g/mol. The molecule has 0 spiro atoms. The third-order valence-electron chi connectivity index (χ3n) is 5.99. The summed E-state index contributed by atoms with van der Waals surface area (Å²) in [7, 11) is 0. The molecular weight excluding hydrogens is 426 g/mol. The third-order valence-corrected chi connectivity index (χ3v) is 5.99. The molecule has 0 amide bonds. The number of para-hydroxylation sites is 2. The van der Waals surface area contributed by atoms with Gasteiger partial charge in [-0.25, -0.2) is 0 Å². The van der Waals surface area contributed by atoms with Gasteiger partial charge in [0.1, 0.15) is 18.4 Å². The number of aryl methyl sites for hydroxylation is 1. The number of nitrogens with one attached hydrogen (secondary N) is 1. The maximum atomic E-state index is 11.3. The number of rotatable bonds is 11. The highest BCUT2D eigenvalue weighted by atomic mass is 16.5. The zero-order chi connectivity index (χ0) is 23.9. The largest absolute Gasteiger partial charge is 0.489 e. The summed E-state index contributed by atoms with van der Waals surface area (Å²) in [5.74, 6) is -0.149. The lowest BCUT2D eigenvalue weighted by Gasteiger charge is -2.24. The molecule has 6 heteroatoms. The second kappa shape index (κ2) is 11.0. The van der Waals surface area contributed by atoms with Gasteiger partial charge < -0.3 is 20.6 Å². The fraction of sp³-hybridized carbons (Fsp3) is 0.250. The van der Waals surface area contributed by atoms with E-state index in [0.29, 0.717) is 32.7 Å². The number of aliphatic carboxylic acids is 1. The molecule has 4 aromatic rings. The van der Waals surface area contributed by atoms with Crippen molar-refractivity contribution in [3.8, 4) is 5.75 Å². The highest BCUT2D eigenvalue weighted by molar-refractivity contribution is 5.83. The van der Waals surface area contributed by atoms with Crippen molar-refractivity contribution in [1.82, 2.24) is 9.88 Å². The van der Waals surface area contributed by atoms with Gasteiger partial charge in [0, 0.05) is 42.3 Å². The molecule has 0 fully saturated rings. The van der Waals surface area contributed by atoms with Crippen LogP contribution in [0.4, 0.5) is 0 Å². The first-order chi connectivity index (χ1) is 16.5. The second-order valence-corrected chi connectivity index (χ2v) is 8.69. The number of H-pyrrole nitrogens is 1. The van der Waals surface area contributed by atoms with Crippen molar-refractivity contribution in [1.29, 1.82) is 0 Å². The van der Waals surface area contributed by atoms with E-state index >= 15 is 0 Å². The lowest BCUT2D eigenvalue weighted by Crippen LogP contribution is -2.35. The zero-order valence-electron chi connectivity index (χ0n) is 19.4. The molecule has 0 saturated heterocycles. The third kappa shape index (κ3) is 6.04. The van der Waals surface area contributed by atoms with Crippen LogP contribution in [0, 0.1) is 6.92 Å². The molecule has 1 heterocycles. The van der Waals surface area contributed by atoms with E-state index in [-0.39, 0.29) is 0 Å². The minimum atomic E-state index is -0.978. The number of ether oxygens (including phenoxy) is 1. The van der Waals surface area contributed by atoms with Crippen molar-refractivity contribution in [2.75, 3.05) is 6.54 Å². The Morgan fingerprint density at radius 1 is 1.03 bits per heavy atom. The van der Waals surface area contributed by atoms with Gasteiger partial charge in [-0.05, 0) is 36.6 Å². The van der Waals surface area contributed by atoms with E-state index < -0.39 is 12.0 Å². The van der Waals surface area contributed by atoms with E-state index in [4.69, 9.17) is 10.5 Å². The molecule has 0 aliphatic rings. The fourth-order valence-corrected chi connectivity index (χ4v) is 4.14. The van der Waals surface area contributed by atoms with Gasteiger partial charge in [0.25, 0.3) is 0 Å². The number of carboxylic acids is 1. The number of benzene rings is 3. The quantitative estimate of drug-likeness (QED) is 0.299. The molecule has 1 aromatic heterocycles. The topological polar surface area (TPSA) is 91.6 Å². The van der Waals surface area contributed by atoms with E-state index in [1.165, 1.54) is 10.9 Å². The van der Waals surface area contributed by atoms with Gasteiger partial charge in [0.05, 0.1) is 0 Å². The lowest BCUT2D eigenvalue weighted by atomic mass is 10.1. The Kier molecular flexibility index (Phi) is 7.62. The van der Waals surface area contributed by atoms with Gasteiger partial charge in [-0.1, -0.05) is 66.2 Å². The van der Waals surface area contributed by atoms with Crippen LogP contribution in [0.25, 0.3) is 10.9 Å². The fourth-order valence-electron chi connectivity index (χ4n) is 4.14. The summed E-state index contributed by atoms with van der Waals surface area (Å²) in [6, 6.07) is 23.6. The second-order valence-electron chi connectivity index (χ2n) is 8.69. The molecule has 6 nitrogen and oxygen atoms in total. The number of nitrogens with zero attached hydrogens (tertiary/aromatic N) is 1. The Hall–Kier alpha value is -3.61. The number of aromatic nitrogens is 1. The summed E-state index contributed by atoms with van der Waals surface area (Å²) in [6.45, 7) is 4.41. The number of hydrogen-bond acceptors (Lipinski definition) is 4. The summed E-state index contributed by atoms with van der Waals surface area (Å²) in [4.78, 5) is 16.8. The van der Waals surface area contributed by atoms with Crippen LogP contribution >= 0.6 is 0 Å². The first-order valence-electron chi connectivity index (χ1n) is 11.5. The molecule has 3 aromatic carbocycles. The molecular formula is C28H31N3O3. The van der Waals surface area contributed by atoms with E-state index in [1.807, 2.05) is 42.6 Å². The molecule has 4 rings (SSSR count). The number of hydrogen-bond donors (Lipinski definition) is 3. The number of nitrogens with two attached hydrogens (primary N) is 1. The van der Waals surface area contributed by atoms with E-state index in [2.05, 4.69) is 53.2 Å². The van der Waals surface area contributed by atoms with Crippen LogP contribution in [0.15, 0.2) is 79.0 Å². The van der Waals surface area contributed by atoms with Gasteiger partial charge in [-0.2, -0.15) is 0 Å². The van der Waals surface area contributed by atoms with Gasteiger partial charge in [0.15, 0.2) is 0 Å². The Balaban J connectivity index is 1.52. The number of aromatic amines is 1. The Morgan fingerprint density at radius 3 is 2.62 bits per heavy atom. The molecule has 176 valence electrons. The summed E-state index contributed by atoms with van der Waals surface area (Å²) in [6.07, 6.45) is 2.39. The molecule has 4 N–H and O–H groups in total.